The fraction of sp³-hybridized carbons (Fsp3) is 0.459. The third-order valence-electron chi connectivity index (χ3n) is 8.35. The van der Waals surface area contributed by atoms with E-state index in [1.54, 1.807) is 12.1 Å². The zero-order chi connectivity index (χ0) is 36.0. The molecule has 3 atom stereocenters. The van der Waals surface area contributed by atoms with Crippen molar-refractivity contribution in [2.45, 2.75) is 89.3 Å². The number of benzene rings is 3. The van der Waals surface area contributed by atoms with Gasteiger partial charge in [-0.3, -0.25) is 9.59 Å². The van der Waals surface area contributed by atoms with Gasteiger partial charge >= 0.3 is 0 Å². The predicted octanol–water partition coefficient (Wildman–Crippen LogP) is 5.32. The van der Waals surface area contributed by atoms with Gasteiger partial charge in [0.1, 0.15) is 23.4 Å². The van der Waals surface area contributed by atoms with Crippen molar-refractivity contribution in [2.75, 3.05) is 19.4 Å². The first-order valence-electron chi connectivity index (χ1n) is 16.8. The minimum absolute atomic E-state index is 0. The van der Waals surface area contributed by atoms with Gasteiger partial charge in [0.15, 0.2) is 9.84 Å². The maximum Gasteiger partial charge on any atom is 0.251 e. The number of rotatable bonds is 20. The van der Waals surface area contributed by atoms with E-state index in [-0.39, 0.29) is 36.5 Å². The summed E-state index contributed by atoms with van der Waals surface area (Å²) in [7, 11) is -2.40. The van der Waals surface area contributed by atoms with Gasteiger partial charge in [-0.2, -0.15) is 0 Å². The molecular weight excluding hydrogens is 688 g/mol. The Morgan fingerprint density at radius 3 is 2.06 bits per heavy atom. The van der Waals surface area contributed by atoms with E-state index >= 15 is 0 Å². The standard InChI is InChI=1S/C37H49F2N3O6S.ClH/c1-5-9-32(10-6-2)49(46,47)24-34(42-36(44)28-13-15-31(48-4)16-14-28)37(45)41-33(20-27-18-29(38)21-30(39)19-27)35(43)23-40-22-26-12-8-11-25(7-3)17-26;/h8,11-19,21,32-35,40,43H,5-7,9-10,20,22-24H2,1-4H3,(H,41,45)(H,42,44);1H/t33-,34?,35+;/m0./s1. The second kappa shape index (κ2) is 20.9. The molecule has 0 saturated carbocycles. The van der Waals surface area contributed by atoms with Crippen LogP contribution in [0.15, 0.2) is 66.7 Å². The summed E-state index contributed by atoms with van der Waals surface area (Å²) < 4.78 is 60.7. The van der Waals surface area contributed by atoms with E-state index in [1.807, 2.05) is 45.0 Å². The van der Waals surface area contributed by atoms with Gasteiger partial charge in [-0.25, -0.2) is 17.2 Å². The molecule has 0 spiro atoms. The lowest BCUT2D eigenvalue weighted by molar-refractivity contribution is -0.124. The Bertz CT molecular complexity index is 1600. The van der Waals surface area contributed by atoms with E-state index in [2.05, 4.69) is 16.0 Å². The quantitative estimate of drug-likeness (QED) is 0.123. The number of halogens is 3. The number of aryl methyl sites for hydroxylation is 1. The van der Waals surface area contributed by atoms with Crippen molar-refractivity contribution in [2.24, 2.45) is 0 Å². The van der Waals surface area contributed by atoms with Gasteiger partial charge in [-0.1, -0.05) is 57.9 Å². The van der Waals surface area contributed by atoms with Crippen LogP contribution in [0.2, 0.25) is 0 Å². The lowest BCUT2D eigenvalue weighted by atomic mass is 10.00. The number of carbonyl (C=O) groups excluding carboxylic acids is 2. The summed E-state index contributed by atoms with van der Waals surface area (Å²) in [5.74, 6) is -3.34. The monoisotopic (exact) mass is 737 g/mol. The van der Waals surface area contributed by atoms with Crippen LogP contribution >= 0.6 is 12.4 Å². The van der Waals surface area contributed by atoms with Gasteiger partial charge < -0.3 is 25.8 Å². The highest BCUT2D eigenvalue weighted by atomic mass is 35.5. The summed E-state index contributed by atoms with van der Waals surface area (Å²) in [5.41, 5.74) is 2.49. The molecule has 0 radical (unpaired) electrons. The third kappa shape index (κ3) is 13.3. The highest BCUT2D eigenvalue weighted by Gasteiger charge is 2.34. The molecule has 50 heavy (non-hydrogen) atoms. The molecule has 0 fully saturated rings. The molecule has 2 amide bonds. The number of ether oxygens (including phenoxy) is 1. The summed E-state index contributed by atoms with van der Waals surface area (Å²) in [4.78, 5) is 27.2. The SMILES string of the molecule is CCCC(CCC)S(=O)(=O)CC(NC(=O)c1ccc(OC)cc1)C(=O)N[C@@H](Cc1cc(F)cc(F)c1)[C@H](O)CNCc1cccc(CC)c1.Cl. The minimum atomic E-state index is -3.88. The second-order valence-corrected chi connectivity index (χ2v) is 14.6. The van der Waals surface area contributed by atoms with Gasteiger partial charge in [-0.15, -0.1) is 12.4 Å². The third-order valence-corrected chi connectivity index (χ3v) is 10.6. The number of nitrogens with one attached hydrogen (secondary N) is 3. The summed E-state index contributed by atoms with van der Waals surface area (Å²) in [6, 6.07) is 14.3. The largest absolute Gasteiger partial charge is 0.497 e. The number of hydrogen-bond acceptors (Lipinski definition) is 7. The van der Waals surface area contributed by atoms with Crippen LogP contribution in [0, 0.1) is 11.6 Å². The Morgan fingerprint density at radius 2 is 1.48 bits per heavy atom. The van der Waals surface area contributed by atoms with E-state index < -0.39 is 62.5 Å². The maximum atomic E-state index is 14.1. The van der Waals surface area contributed by atoms with Crippen molar-refractivity contribution >= 4 is 34.1 Å². The first-order valence-corrected chi connectivity index (χ1v) is 18.5. The highest BCUT2D eigenvalue weighted by molar-refractivity contribution is 7.92. The van der Waals surface area contributed by atoms with Crippen molar-refractivity contribution in [1.82, 2.24) is 16.0 Å². The molecule has 276 valence electrons. The van der Waals surface area contributed by atoms with Crippen LogP contribution in [0.1, 0.15) is 73.5 Å². The fourth-order valence-corrected chi connectivity index (χ4v) is 7.86. The van der Waals surface area contributed by atoms with E-state index in [0.717, 1.165) is 35.7 Å². The number of aliphatic hydroxyl groups is 1. The molecule has 0 aromatic heterocycles. The van der Waals surface area contributed by atoms with Crippen molar-refractivity contribution in [3.05, 3.63) is 101 Å². The number of sulfone groups is 1. The predicted molar refractivity (Wildman–Crippen MR) is 194 cm³/mol. The molecule has 0 aliphatic carbocycles. The number of aliphatic hydroxyl groups excluding tert-OH is 1. The Morgan fingerprint density at radius 1 is 0.860 bits per heavy atom. The lowest BCUT2D eigenvalue weighted by Gasteiger charge is -2.28. The molecule has 1 unspecified atom stereocenters. The number of carbonyl (C=O) groups is 2. The first kappa shape index (κ1) is 42.6. The normalized spacial score (nSPS) is 13.2. The van der Waals surface area contributed by atoms with Crippen LogP contribution in [-0.2, 0) is 34.0 Å². The maximum absolute atomic E-state index is 14.1. The molecule has 0 aliphatic rings. The topological polar surface area (TPSA) is 134 Å². The molecule has 0 saturated heterocycles. The summed E-state index contributed by atoms with van der Waals surface area (Å²) in [6.45, 7) is 6.21. The average Bonchev–Trinajstić information content (AvgIpc) is 3.07. The molecule has 3 rings (SSSR count). The van der Waals surface area contributed by atoms with Crippen LogP contribution < -0.4 is 20.7 Å². The Kier molecular flexibility index (Phi) is 17.8. The molecular formula is C37H50ClF2N3O6S. The molecule has 3 aromatic rings. The van der Waals surface area contributed by atoms with E-state index in [4.69, 9.17) is 4.74 Å². The van der Waals surface area contributed by atoms with Crippen LogP contribution in [0.5, 0.6) is 5.75 Å². The number of methoxy groups -OCH3 is 1. The lowest BCUT2D eigenvalue weighted by Crippen LogP contribution is -2.57. The first-order chi connectivity index (χ1) is 23.4. The Hall–Kier alpha value is -3.58. The molecule has 4 N–H and O–H groups in total. The number of hydrogen-bond donors (Lipinski definition) is 4. The van der Waals surface area contributed by atoms with E-state index in [1.165, 1.54) is 19.2 Å². The molecule has 0 heterocycles. The van der Waals surface area contributed by atoms with Gasteiger partial charge in [0.2, 0.25) is 5.91 Å². The zero-order valence-electron chi connectivity index (χ0n) is 29.1. The summed E-state index contributed by atoms with van der Waals surface area (Å²) in [5, 5.41) is 19.0. The smallest absolute Gasteiger partial charge is 0.251 e. The minimum Gasteiger partial charge on any atom is -0.497 e. The fourth-order valence-electron chi connectivity index (χ4n) is 5.70. The van der Waals surface area contributed by atoms with Crippen molar-refractivity contribution in [1.29, 1.82) is 0 Å². The van der Waals surface area contributed by atoms with Crippen molar-refractivity contribution in [3.63, 3.8) is 0 Å². The second-order valence-electron chi connectivity index (χ2n) is 12.3. The van der Waals surface area contributed by atoms with Crippen LogP contribution in [0.4, 0.5) is 8.78 Å². The molecule has 0 aliphatic heterocycles. The van der Waals surface area contributed by atoms with Crippen LogP contribution in [0.3, 0.4) is 0 Å². The van der Waals surface area contributed by atoms with Crippen LogP contribution in [0.25, 0.3) is 0 Å². The van der Waals surface area contributed by atoms with Gasteiger partial charge in [0.25, 0.3) is 5.91 Å². The Balaban J connectivity index is 0.00000867. The molecule has 9 nitrogen and oxygen atoms in total. The summed E-state index contributed by atoms with van der Waals surface area (Å²) in [6.07, 6.45) is 1.46. The van der Waals surface area contributed by atoms with Gasteiger partial charge in [0, 0.05) is 24.7 Å². The molecule has 13 heteroatoms. The zero-order valence-corrected chi connectivity index (χ0v) is 30.7. The average molecular weight is 738 g/mol. The van der Waals surface area contributed by atoms with Crippen LogP contribution in [-0.4, -0.2) is 68.2 Å². The van der Waals surface area contributed by atoms with Crippen molar-refractivity contribution in [3.8, 4) is 5.75 Å². The molecule has 0 bridgehead atoms. The Labute approximate surface area is 300 Å². The van der Waals surface area contributed by atoms with Crippen molar-refractivity contribution < 1.29 is 36.6 Å². The van der Waals surface area contributed by atoms with Gasteiger partial charge in [0.05, 0.1) is 30.3 Å². The van der Waals surface area contributed by atoms with Gasteiger partial charge in [-0.05, 0) is 78.8 Å². The summed E-state index contributed by atoms with van der Waals surface area (Å²) >= 11 is 0. The van der Waals surface area contributed by atoms with E-state index in [0.29, 0.717) is 38.0 Å². The molecule has 3 aromatic carbocycles. The van der Waals surface area contributed by atoms with E-state index in [9.17, 15) is 31.9 Å². The number of amides is 2. The highest BCUT2D eigenvalue weighted by Crippen LogP contribution is 2.19.